The highest BCUT2D eigenvalue weighted by molar-refractivity contribution is 5.80. The van der Waals surface area contributed by atoms with Crippen LogP contribution in [0.15, 0.2) is 17.6 Å². The van der Waals surface area contributed by atoms with E-state index in [0.29, 0.717) is 6.04 Å². The van der Waals surface area contributed by atoms with Crippen molar-refractivity contribution in [1.29, 1.82) is 0 Å². The maximum absolute atomic E-state index is 4.67. The zero-order chi connectivity index (χ0) is 16.4. The Kier molecular flexibility index (Phi) is 8.49. The number of nitrogens with zero attached hydrogens (tertiary/aromatic N) is 2. The summed E-state index contributed by atoms with van der Waals surface area (Å²) in [5.74, 6) is 0.945. The third kappa shape index (κ3) is 8.39. The van der Waals surface area contributed by atoms with Gasteiger partial charge in [-0.1, -0.05) is 6.08 Å². The standard InChI is InChI=1S/C17H35N5/c1-6-12-22-13-8-15(9-14-22)21-16(18-7-2)19-10-11-20-17(3,4)5/h6,15,20H,1,7-14H2,2-5H3,(H2,18,19,21). The fourth-order valence-corrected chi connectivity index (χ4v) is 2.55. The van der Waals surface area contributed by atoms with Gasteiger partial charge in [0.15, 0.2) is 5.96 Å². The number of guanidine groups is 1. The van der Waals surface area contributed by atoms with Crippen LogP contribution in [0.5, 0.6) is 0 Å². The largest absolute Gasteiger partial charge is 0.357 e. The Hall–Kier alpha value is -1.07. The van der Waals surface area contributed by atoms with E-state index >= 15 is 0 Å². The molecular formula is C17H35N5. The lowest BCUT2D eigenvalue weighted by atomic mass is 10.1. The molecular weight excluding hydrogens is 274 g/mol. The highest BCUT2D eigenvalue weighted by Crippen LogP contribution is 2.09. The quantitative estimate of drug-likeness (QED) is 0.289. The SMILES string of the molecule is C=CCN1CCC(NC(=NCCNC(C)(C)C)NCC)CC1. The summed E-state index contributed by atoms with van der Waals surface area (Å²) >= 11 is 0. The molecule has 1 heterocycles. The van der Waals surface area contributed by atoms with Crippen LogP contribution in [-0.2, 0) is 0 Å². The minimum absolute atomic E-state index is 0.152. The maximum atomic E-state index is 4.67. The number of nitrogens with one attached hydrogen (secondary N) is 3. The maximum Gasteiger partial charge on any atom is 0.191 e. The molecule has 0 bridgehead atoms. The molecule has 0 atom stereocenters. The van der Waals surface area contributed by atoms with Crippen LogP contribution in [0.25, 0.3) is 0 Å². The molecule has 1 saturated heterocycles. The fourth-order valence-electron chi connectivity index (χ4n) is 2.55. The predicted octanol–water partition coefficient (Wildman–Crippen LogP) is 1.58. The molecule has 1 aliphatic rings. The molecule has 22 heavy (non-hydrogen) atoms. The smallest absolute Gasteiger partial charge is 0.191 e. The zero-order valence-electron chi connectivity index (χ0n) is 14.9. The van der Waals surface area contributed by atoms with E-state index in [1.165, 1.54) is 12.8 Å². The van der Waals surface area contributed by atoms with Crippen LogP contribution in [0, 0.1) is 0 Å². The first-order valence-corrected chi connectivity index (χ1v) is 8.57. The summed E-state index contributed by atoms with van der Waals surface area (Å²) < 4.78 is 0. The number of hydrogen-bond donors (Lipinski definition) is 3. The van der Waals surface area contributed by atoms with Crippen LogP contribution >= 0.6 is 0 Å². The lowest BCUT2D eigenvalue weighted by Crippen LogP contribution is -2.49. The van der Waals surface area contributed by atoms with Gasteiger partial charge in [-0.3, -0.25) is 9.89 Å². The van der Waals surface area contributed by atoms with Crippen LogP contribution in [0.1, 0.15) is 40.5 Å². The first-order chi connectivity index (χ1) is 10.4. The highest BCUT2D eigenvalue weighted by Gasteiger charge is 2.19. The summed E-state index contributed by atoms with van der Waals surface area (Å²) in [5.41, 5.74) is 0.152. The van der Waals surface area contributed by atoms with E-state index in [1.807, 2.05) is 6.08 Å². The monoisotopic (exact) mass is 309 g/mol. The number of rotatable bonds is 7. The van der Waals surface area contributed by atoms with Gasteiger partial charge >= 0.3 is 0 Å². The molecule has 0 aromatic rings. The van der Waals surface area contributed by atoms with Crippen LogP contribution in [0.4, 0.5) is 0 Å². The van der Waals surface area contributed by atoms with E-state index in [2.05, 4.69) is 60.1 Å². The van der Waals surface area contributed by atoms with Crippen molar-refractivity contribution in [3.05, 3.63) is 12.7 Å². The van der Waals surface area contributed by atoms with Gasteiger partial charge in [0.1, 0.15) is 0 Å². The van der Waals surface area contributed by atoms with Gasteiger partial charge in [0.25, 0.3) is 0 Å². The average molecular weight is 310 g/mol. The highest BCUT2D eigenvalue weighted by atomic mass is 15.2. The van der Waals surface area contributed by atoms with Crippen molar-refractivity contribution < 1.29 is 0 Å². The van der Waals surface area contributed by atoms with E-state index in [9.17, 15) is 0 Å². The second-order valence-electron chi connectivity index (χ2n) is 6.95. The summed E-state index contributed by atoms with van der Waals surface area (Å²) in [6.07, 6.45) is 4.32. The zero-order valence-corrected chi connectivity index (χ0v) is 14.9. The lowest BCUT2D eigenvalue weighted by Gasteiger charge is -2.32. The van der Waals surface area contributed by atoms with Crippen molar-refractivity contribution in [1.82, 2.24) is 20.9 Å². The van der Waals surface area contributed by atoms with Gasteiger partial charge in [-0.05, 0) is 40.5 Å². The number of aliphatic imine (C=N–C) groups is 1. The van der Waals surface area contributed by atoms with Gasteiger partial charge < -0.3 is 16.0 Å². The first kappa shape index (κ1) is 19.0. The minimum atomic E-state index is 0.152. The third-order valence-corrected chi connectivity index (χ3v) is 3.70. The Morgan fingerprint density at radius 2 is 2.00 bits per heavy atom. The van der Waals surface area contributed by atoms with Crippen LogP contribution < -0.4 is 16.0 Å². The molecule has 128 valence electrons. The van der Waals surface area contributed by atoms with Gasteiger partial charge in [-0.25, -0.2) is 0 Å². The van der Waals surface area contributed by atoms with Crippen molar-refractivity contribution >= 4 is 5.96 Å². The van der Waals surface area contributed by atoms with E-state index < -0.39 is 0 Å². The summed E-state index contributed by atoms with van der Waals surface area (Å²) in [4.78, 5) is 7.12. The first-order valence-electron chi connectivity index (χ1n) is 8.57. The van der Waals surface area contributed by atoms with Crippen LogP contribution in [0.3, 0.4) is 0 Å². The van der Waals surface area contributed by atoms with Gasteiger partial charge in [0.2, 0.25) is 0 Å². The van der Waals surface area contributed by atoms with Crippen LogP contribution in [0.2, 0.25) is 0 Å². The Bertz CT molecular complexity index is 337. The molecule has 0 saturated carbocycles. The Labute approximate surface area is 136 Å². The normalized spacial score (nSPS) is 18.3. The van der Waals surface area contributed by atoms with Crippen molar-refractivity contribution in [3.8, 4) is 0 Å². The fraction of sp³-hybridized carbons (Fsp3) is 0.824. The molecule has 0 radical (unpaired) electrons. The summed E-state index contributed by atoms with van der Waals surface area (Å²) in [6.45, 7) is 18.3. The average Bonchev–Trinajstić information content (AvgIpc) is 2.45. The second-order valence-corrected chi connectivity index (χ2v) is 6.95. The molecule has 0 unspecified atom stereocenters. The molecule has 5 heteroatoms. The van der Waals surface area contributed by atoms with Gasteiger partial charge in [-0.15, -0.1) is 6.58 Å². The molecule has 0 aromatic heterocycles. The third-order valence-electron chi connectivity index (χ3n) is 3.70. The van der Waals surface area contributed by atoms with E-state index in [4.69, 9.17) is 0 Å². The molecule has 0 amide bonds. The molecule has 1 rings (SSSR count). The van der Waals surface area contributed by atoms with E-state index in [0.717, 1.165) is 45.2 Å². The molecule has 1 aliphatic heterocycles. The number of hydrogen-bond acceptors (Lipinski definition) is 3. The Balaban J connectivity index is 2.35. The molecule has 3 N–H and O–H groups in total. The molecule has 0 aliphatic carbocycles. The molecule has 0 aromatic carbocycles. The Morgan fingerprint density at radius 3 is 2.55 bits per heavy atom. The second kappa shape index (κ2) is 9.85. The summed E-state index contributed by atoms with van der Waals surface area (Å²) in [7, 11) is 0. The number of piperidine rings is 1. The van der Waals surface area contributed by atoms with Crippen molar-refractivity contribution in [2.45, 2.75) is 52.1 Å². The van der Waals surface area contributed by atoms with Gasteiger partial charge in [-0.2, -0.15) is 0 Å². The summed E-state index contributed by atoms with van der Waals surface area (Å²) in [6, 6.07) is 0.523. The molecule has 5 nitrogen and oxygen atoms in total. The minimum Gasteiger partial charge on any atom is -0.357 e. The summed E-state index contributed by atoms with van der Waals surface area (Å²) in [5, 5.41) is 10.4. The molecule has 1 fully saturated rings. The van der Waals surface area contributed by atoms with E-state index in [-0.39, 0.29) is 5.54 Å². The predicted molar refractivity (Wildman–Crippen MR) is 96.5 cm³/mol. The Morgan fingerprint density at radius 1 is 1.32 bits per heavy atom. The van der Waals surface area contributed by atoms with Gasteiger partial charge in [0, 0.05) is 44.3 Å². The topological polar surface area (TPSA) is 51.7 Å². The van der Waals surface area contributed by atoms with Crippen molar-refractivity contribution in [2.75, 3.05) is 39.3 Å². The van der Waals surface area contributed by atoms with Crippen molar-refractivity contribution in [3.63, 3.8) is 0 Å². The molecule has 0 spiro atoms. The van der Waals surface area contributed by atoms with Crippen molar-refractivity contribution in [2.24, 2.45) is 4.99 Å². The lowest BCUT2D eigenvalue weighted by molar-refractivity contribution is 0.225. The van der Waals surface area contributed by atoms with Gasteiger partial charge in [0.05, 0.1) is 6.54 Å². The van der Waals surface area contributed by atoms with E-state index in [1.54, 1.807) is 0 Å². The van der Waals surface area contributed by atoms with Crippen LogP contribution in [-0.4, -0.2) is 61.7 Å². The number of likely N-dealkylation sites (tertiary alicyclic amines) is 1.